The molecule has 2 N–H and O–H groups in total. The van der Waals surface area contributed by atoms with Crippen LogP contribution in [0.5, 0.6) is 0 Å². The molecule has 2 aromatic rings. The van der Waals surface area contributed by atoms with Crippen molar-refractivity contribution in [1.82, 2.24) is 20.1 Å². The molecule has 0 fully saturated rings. The van der Waals surface area contributed by atoms with E-state index in [0.717, 1.165) is 22.0 Å². The summed E-state index contributed by atoms with van der Waals surface area (Å²) < 4.78 is 1.79. The normalized spacial score (nSPS) is 12.0. The molecule has 0 bridgehead atoms. The van der Waals surface area contributed by atoms with Crippen LogP contribution in [0.4, 0.5) is 5.69 Å². The molecule has 0 spiro atoms. The molecule has 2 amide bonds. The molecule has 24 heavy (non-hydrogen) atoms. The Morgan fingerprint density at radius 1 is 1.29 bits per heavy atom. The third-order valence-electron chi connectivity index (χ3n) is 3.76. The van der Waals surface area contributed by atoms with Crippen LogP contribution in [-0.2, 0) is 22.6 Å². The van der Waals surface area contributed by atoms with E-state index in [-0.39, 0.29) is 6.04 Å². The van der Waals surface area contributed by atoms with Gasteiger partial charge in [-0.2, -0.15) is 5.10 Å². The molecule has 2 rings (SSSR count). The molecule has 1 atom stereocenters. The Kier molecular flexibility index (Phi) is 5.71. The number of carbonyl (C=O) groups is 2. The fraction of sp³-hybridized carbons (Fsp3) is 0.500. The summed E-state index contributed by atoms with van der Waals surface area (Å²) in [5.74, 6) is -1.38. The molecule has 130 valence electrons. The predicted molar refractivity (Wildman–Crippen MR) is 94.1 cm³/mol. The summed E-state index contributed by atoms with van der Waals surface area (Å²) in [6, 6.07) is -0.311. The molecular formula is C16H23N5O2S. The molecule has 0 radical (unpaired) electrons. The third kappa shape index (κ3) is 3.81. The molecule has 2 heterocycles. The van der Waals surface area contributed by atoms with E-state index in [2.05, 4.69) is 27.6 Å². The van der Waals surface area contributed by atoms with E-state index in [4.69, 9.17) is 0 Å². The van der Waals surface area contributed by atoms with Crippen molar-refractivity contribution in [2.45, 2.75) is 53.6 Å². The van der Waals surface area contributed by atoms with Gasteiger partial charge < -0.3 is 10.6 Å². The number of carbonyl (C=O) groups excluding carboxylic acids is 2. The first-order valence-corrected chi connectivity index (χ1v) is 8.79. The average molecular weight is 349 g/mol. The van der Waals surface area contributed by atoms with Gasteiger partial charge in [0.1, 0.15) is 5.01 Å². The van der Waals surface area contributed by atoms with Crippen LogP contribution in [0.1, 0.15) is 48.1 Å². The third-order valence-corrected chi connectivity index (χ3v) is 5.09. The largest absolute Gasteiger partial charge is 0.339 e. The van der Waals surface area contributed by atoms with Crippen molar-refractivity contribution < 1.29 is 9.59 Å². The standard InChI is InChI=1S/C16H23N5O2S/c1-6-12-8-17-16(24-12)10(4)18-14(22)15(23)19-13-9(3)20-21(7-2)11(13)5/h8,10H,6-7H2,1-5H3,(H,18,22)(H,19,23)/t10-/m1/s1. The quantitative estimate of drug-likeness (QED) is 0.811. The monoisotopic (exact) mass is 349 g/mol. The van der Waals surface area contributed by atoms with Gasteiger partial charge in [-0.15, -0.1) is 11.3 Å². The van der Waals surface area contributed by atoms with Gasteiger partial charge in [-0.3, -0.25) is 14.3 Å². The van der Waals surface area contributed by atoms with E-state index in [9.17, 15) is 9.59 Å². The topological polar surface area (TPSA) is 88.9 Å². The van der Waals surface area contributed by atoms with Gasteiger partial charge in [-0.1, -0.05) is 6.92 Å². The SMILES string of the molecule is CCc1cnc([C@@H](C)NC(=O)C(=O)Nc2c(C)nn(CC)c2C)s1. The maximum atomic E-state index is 12.2. The van der Waals surface area contributed by atoms with Gasteiger partial charge in [0.25, 0.3) is 0 Å². The fourth-order valence-corrected chi connectivity index (χ4v) is 3.23. The minimum atomic E-state index is -0.698. The molecule has 0 aliphatic rings. The van der Waals surface area contributed by atoms with Gasteiger partial charge in [0.15, 0.2) is 0 Å². The van der Waals surface area contributed by atoms with E-state index in [0.29, 0.717) is 17.9 Å². The van der Waals surface area contributed by atoms with Gasteiger partial charge in [-0.05, 0) is 34.1 Å². The fourth-order valence-electron chi connectivity index (χ4n) is 2.37. The van der Waals surface area contributed by atoms with Crippen LogP contribution in [0, 0.1) is 13.8 Å². The van der Waals surface area contributed by atoms with Crippen LogP contribution < -0.4 is 10.6 Å². The van der Waals surface area contributed by atoms with Gasteiger partial charge in [-0.25, -0.2) is 4.98 Å². The minimum absolute atomic E-state index is 0.311. The van der Waals surface area contributed by atoms with Crippen molar-refractivity contribution in [3.63, 3.8) is 0 Å². The van der Waals surface area contributed by atoms with Crippen LogP contribution in [0.3, 0.4) is 0 Å². The lowest BCUT2D eigenvalue weighted by molar-refractivity contribution is -0.136. The van der Waals surface area contributed by atoms with E-state index in [1.165, 1.54) is 11.3 Å². The number of rotatable bonds is 5. The summed E-state index contributed by atoms with van der Waals surface area (Å²) in [6.07, 6.45) is 2.70. The van der Waals surface area contributed by atoms with Crippen molar-refractivity contribution in [1.29, 1.82) is 0 Å². The first-order chi connectivity index (χ1) is 11.4. The number of aromatic nitrogens is 3. The number of hydrogen-bond acceptors (Lipinski definition) is 5. The van der Waals surface area contributed by atoms with E-state index < -0.39 is 11.8 Å². The highest BCUT2D eigenvalue weighted by atomic mass is 32.1. The molecule has 7 nitrogen and oxygen atoms in total. The number of thiazole rings is 1. The molecule has 8 heteroatoms. The lowest BCUT2D eigenvalue weighted by Gasteiger charge is -2.11. The lowest BCUT2D eigenvalue weighted by atomic mass is 10.3. The first kappa shape index (κ1) is 18.1. The van der Waals surface area contributed by atoms with Crippen LogP contribution in [-0.4, -0.2) is 26.6 Å². The molecular weight excluding hydrogens is 326 g/mol. The van der Waals surface area contributed by atoms with E-state index in [1.54, 1.807) is 17.8 Å². The molecule has 0 aromatic carbocycles. The zero-order valence-electron chi connectivity index (χ0n) is 14.6. The maximum absolute atomic E-state index is 12.2. The van der Waals surface area contributed by atoms with Crippen molar-refractivity contribution in [2.24, 2.45) is 0 Å². The smallest absolute Gasteiger partial charge is 0.313 e. The average Bonchev–Trinajstić information content (AvgIpc) is 3.14. The van der Waals surface area contributed by atoms with Gasteiger partial charge in [0, 0.05) is 17.6 Å². The second-order valence-corrected chi connectivity index (χ2v) is 6.68. The Morgan fingerprint density at radius 3 is 2.54 bits per heavy atom. The van der Waals surface area contributed by atoms with Crippen LogP contribution in [0.25, 0.3) is 0 Å². The molecule has 0 saturated carbocycles. The van der Waals surface area contributed by atoms with Gasteiger partial charge in [0.2, 0.25) is 0 Å². The van der Waals surface area contributed by atoms with Crippen LogP contribution in [0.2, 0.25) is 0 Å². The predicted octanol–water partition coefficient (Wildman–Crippen LogP) is 2.35. The van der Waals surface area contributed by atoms with E-state index in [1.807, 2.05) is 20.8 Å². The van der Waals surface area contributed by atoms with Gasteiger partial charge in [0.05, 0.1) is 23.1 Å². The summed E-state index contributed by atoms with van der Waals surface area (Å²) in [4.78, 5) is 29.7. The Hall–Kier alpha value is -2.22. The minimum Gasteiger partial charge on any atom is -0.339 e. The highest BCUT2D eigenvalue weighted by Crippen LogP contribution is 2.21. The number of amides is 2. The number of aryl methyl sites for hydroxylation is 3. The van der Waals surface area contributed by atoms with Crippen LogP contribution in [0.15, 0.2) is 6.20 Å². The zero-order chi connectivity index (χ0) is 17.9. The molecule has 2 aromatic heterocycles. The van der Waals surface area contributed by atoms with Crippen molar-refractivity contribution in [3.8, 4) is 0 Å². The summed E-state index contributed by atoms with van der Waals surface area (Å²) in [7, 11) is 0. The zero-order valence-corrected chi connectivity index (χ0v) is 15.5. The number of nitrogens with zero attached hydrogens (tertiary/aromatic N) is 3. The Morgan fingerprint density at radius 2 is 2.00 bits per heavy atom. The summed E-state index contributed by atoms with van der Waals surface area (Å²) in [5, 5.41) is 10.5. The van der Waals surface area contributed by atoms with Crippen molar-refractivity contribution >= 4 is 28.8 Å². The highest BCUT2D eigenvalue weighted by Gasteiger charge is 2.21. The Labute approximate surface area is 145 Å². The Balaban J connectivity index is 2.02. The Bertz CT molecular complexity index is 750. The van der Waals surface area contributed by atoms with Crippen LogP contribution >= 0.6 is 11.3 Å². The summed E-state index contributed by atoms with van der Waals surface area (Å²) >= 11 is 1.54. The summed E-state index contributed by atoms with van der Waals surface area (Å²) in [5.41, 5.74) is 2.11. The molecule has 0 saturated heterocycles. The second-order valence-electron chi connectivity index (χ2n) is 5.53. The van der Waals surface area contributed by atoms with E-state index >= 15 is 0 Å². The van der Waals surface area contributed by atoms with Crippen molar-refractivity contribution in [3.05, 3.63) is 27.5 Å². The highest BCUT2D eigenvalue weighted by molar-refractivity contribution is 7.11. The van der Waals surface area contributed by atoms with Gasteiger partial charge >= 0.3 is 11.8 Å². The first-order valence-electron chi connectivity index (χ1n) is 7.97. The number of nitrogens with one attached hydrogen (secondary N) is 2. The molecule has 0 unspecified atom stereocenters. The number of anilines is 1. The maximum Gasteiger partial charge on any atom is 0.313 e. The summed E-state index contributed by atoms with van der Waals surface area (Å²) in [6.45, 7) is 10.2. The molecule has 0 aliphatic heterocycles. The van der Waals surface area contributed by atoms with Crippen molar-refractivity contribution in [2.75, 3.05) is 5.32 Å². The second kappa shape index (κ2) is 7.57. The number of hydrogen-bond donors (Lipinski definition) is 2. The lowest BCUT2D eigenvalue weighted by Crippen LogP contribution is -2.37. The molecule has 0 aliphatic carbocycles.